The molecule has 0 amide bonds. The molecule has 5 aromatic rings. The second kappa shape index (κ2) is 6.21. The minimum atomic E-state index is 0.00501. The summed E-state index contributed by atoms with van der Waals surface area (Å²) >= 11 is 0. The van der Waals surface area contributed by atoms with E-state index in [4.69, 9.17) is 0 Å². The zero-order chi connectivity index (χ0) is 20.3. The number of benzene rings is 4. The third kappa shape index (κ3) is 2.35. The third-order valence-corrected chi connectivity index (χ3v) is 6.63. The first-order chi connectivity index (χ1) is 14.6. The Bertz CT molecular complexity index is 1390. The number of rotatable bonds is 2. The fraction of sp³-hybridized carbons (Fsp3) is 0.103. The van der Waals surface area contributed by atoms with E-state index in [2.05, 4.69) is 116 Å². The van der Waals surface area contributed by atoms with Crippen molar-refractivity contribution in [1.29, 1.82) is 0 Å². The Balaban J connectivity index is 1.71. The zero-order valence-corrected chi connectivity index (χ0v) is 17.2. The van der Waals surface area contributed by atoms with E-state index in [-0.39, 0.29) is 5.41 Å². The number of H-pyrrole nitrogens is 1. The number of aromatic amines is 1. The zero-order valence-electron chi connectivity index (χ0n) is 17.2. The van der Waals surface area contributed by atoms with Crippen LogP contribution in [0, 0.1) is 0 Å². The van der Waals surface area contributed by atoms with Crippen LogP contribution in [0.2, 0.25) is 0 Å². The summed E-state index contributed by atoms with van der Waals surface area (Å²) < 4.78 is 0. The SMILES string of the molecule is CC1(C)c2ccccc2-c2cc3c(-c4ccccc4)c(-c4ccccc4)[nH]c3cc21. The number of aromatic nitrogens is 1. The summed E-state index contributed by atoms with van der Waals surface area (Å²) in [6.07, 6.45) is 0. The monoisotopic (exact) mass is 385 g/mol. The first-order valence-corrected chi connectivity index (χ1v) is 10.6. The largest absolute Gasteiger partial charge is 0.354 e. The van der Waals surface area contributed by atoms with E-state index in [0.29, 0.717) is 0 Å². The first kappa shape index (κ1) is 17.3. The van der Waals surface area contributed by atoms with Gasteiger partial charge in [0.2, 0.25) is 0 Å². The molecule has 6 rings (SSSR count). The highest BCUT2D eigenvalue weighted by Crippen LogP contribution is 2.51. The number of hydrogen-bond donors (Lipinski definition) is 1. The molecular weight excluding hydrogens is 362 g/mol. The van der Waals surface area contributed by atoms with Gasteiger partial charge < -0.3 is 4.98 Å². The molecule has 0 atom stereocenters. The van der Waals surface area contributed by atoms with Gasteiger partial charge in [0.05, 0.1) is 5.69 Å². The van der Waals surface area contributed by atoms with Crippen LogP contribution in [0.15, 0.2) is 97.1 Å². The van der Waals surface area contributed by atoms with E-state index >= 15 is 0 Å². The minimum absolute atomic E-state index is 0.00501. The Hall–Kier alpha value is -3.58. The summed E-state index contributed by atoms with van der Waals surface area (Å²) in [6, 6.07) is 35.0. The van der Waals surface area contributed by atoms with Crippen LogP contribution in [0.1, 0.15) is 25.0 Å². The van der Waals surface area contributed by atoms with Gasteiger partial charge in [0, 0.05) is 21.9 Å². The summed E-state index contributed by atoms with van der Waals surface area (Å²) in [7, 11) is 0. The van der Waals surface area contributed by atoms with Crippen LogP contribution in [0.4, 0.5) is 0 Å². The fourth-order valence-electron chi connectivity index (χ4n) is 5.12. The molecule has 0 saturated heterocycles. The molecule has 1 N–H and O–H groups in total. The van der Waals surface area contributed by atoms with Crippen LogP contribution < -0.4 is 0 Å². The standard InChI is InChI=1S/C29H23N/c1-29(2)24-16-10-9-15-21(24)22-17-23-26(18-25(22)29)30-28(20-13-7-4-8-14-20)27(23)19-11-5-3-6-12-19/h3-18,30H,1-2H3. The summed E-state index contributed by atoms with van der Waals surface area (Å²) in [6.45, 7) is 4.67. The number of nitrogens with one attached hydrogen (secondary N) is 1. The molecule has 1 aromatic heterocycles. The predicted octanol–water partition coefficient (Wildman–Crippen LogP) is 7.81. The molecule has 0 fully saturated rings. The van der Waals surface area contributed by atoms with Crippen LogP contribution in [-0.4, -0.2) is 4.98 Å². The maximum absolute atomic E-state index is 3.77. The van der Waals surface area contributed by atoms with Gasteiger partial charge in [-0.1, -0.05) is 98.8 Å². The van der Waals surface area contributed by atoms with Crippen molar-refractivity contribution in [3.05, 3.63) is 108 Å². The molecule has 0 unspecified atom stereocenters. The first-order valence-electron chi connectivity index (χ1n) is 10.6. The lowest BCUT2D eigenvalue weighted by atomic mass is 9.82. The lowest BCUT2D eigenvalue weighted by Crippen LogP contribution is -2.14. The van der Waals surface area contributed by atoms with Crippen molar-refractivity contribution in [3.8, 4) is 33.5 Å². The van der Waals surface area contributed by atoms with Crippen molar-refractivity contribution in [2.24, 2.45) is 0 Å². The van der Waals surface area contributed by atoms with Gasteiger partial charge in [-0.3, -0.25) is 0 Å². The Morgan fingerprint density at radius 2 is 1.23 bits per heavy atom. The second-order valence-corrected chi connectivity index (χ2v) is 8.72. The number of fused-ring (bicyclic) bond motifs is 4. The topological polar surface area (TPSA) is 15.8 Å². The van der Waals surface area contributed by atoms with Crippen molar-refractivity contribution in [3.63, 3.8) is 0 Å². The maximum Gasteiger partial charge on any atom is 0.0544 e. The van der Waals surface area contributed by atoms with Crippen molar-refractivity contribution < 1.29 is 0 Å². The summed E-state index contributed by atoms with van der Waals surface area (Å²) in [5.74, 6) is 0. The highest BCUT2D eigenvalue weighted by atomic mass is 14.7. The fourth-order valence-corrected chi connectivity index (χ4v) is 5.12. The van der Waals surface area contributed by atoms with Crippen LogP contribution in [0.5, 0.6) is 0 Å². The molecular formula is C29H23N. The van der Waals surface area contributed by atoms with E-state index in [0.717, 1.165) is 0 Å². The summed E-state index contributed by atoms with van der Waals surface area (Å²) in [5.41, 5.74) is 11.7. The molecule has 0 spiro atoms. The van der Waals surface area contributed by atoms with Crippen molar-refractivity contribution >= 4 is 10.9 Å². The highest BCUT2D eigenvalue weighted by Gasteiger charge is 2.36. The molecule has 1 heterocycles. The van der Waals surface area contributed by atoms with Gasteiger partial charge in [-0.2, -0.15) is 0 Å². The van der Waals surface area contributed by atoms with E-state index in [1.54, 1.807) is 0 Å². The van der Waals surface area contributed by atoms with E-state index < -0.39 is 0 Å². The number of hydrogen-bond acceptors (Lipinski definition) is 0. The summed E-state index contributed by atoms with van der Waals surface area (Å²) in [5, 5.41) is 1.28. The van der Waals surface area contributed by atoms with Gasteiger partial charge >= 0.3 is 0 Å². The lowest BCUT2D eigenvalue weighted by Gasteiger charge is -2.21. The average molecular weight is 386 g/mol. The summed E-state index contributed by atoms with van der Waals surface area (Å²) in [4.78, 5) is 3.77. The van der Waals surface area contributed by atoms with Crippen LogP contribution in [0.25, 0.3) is 44.4 Å². The van der Waals surface area contributed by atoms with Crippen LogP contribution in [0.3, 0.4) is 0 Å². The van der Waals surface area contributed by atoms with E-state index in [1.807, 2.05) is 0 Å². The molecule has 1 aliphatic carbocycles. The van der Waals surface area contributed by atoms with Crippen molar-refractivity contribution in [1.82, 2.24) is 4.98 Å². The van der Waals surface area contributed by atoms with Crippen molar-refractivity contribution in [2.75, 3.05) is 0 Å². The van der Waals surface area contributed by atoms with Gasteiger partial charge in [-0.05, 0) is 45.5 Å². The molecule has 1 heteroatoms. The predicted molar refractivity (Wildman–Crippen MR) is 127 cm³/mol. The molecule has 0 bridgehead atoms. The van der Waals surface area contributed by atoms with Crippen LogP contribution in [-0.2, 0) is 5.41 Å². The Labute approximate surface area is 177 Å². The third-order valence-electron chi connectivity index (χ3n) is 6.63. The molecule has 0 aliphatic heterocycles. The van der Waals surface area contributed by atoms with Crippen LogP contribution >= 0.6 is 0 Å². The molecule has 0 saturated carbocycles. The lowest BCUT2D eigenvalue weighted by molar-refractivity contribution is 0.661. The normalized spacial score (nSPS) is 13.9. The van der Waals surface area contributed by atoms with E-state index in [1.165, 1.54) is 55.5 Å². The van der Waals surface area contributed by atoms with E-state index in [9.17, 15) is 0 Å². The molecule has 0 radical (unpaired) electrons. The Morgan fingerprint density at radius 1 is 0.600 bits per heavy atom. The second-order valence-electron chi connectivity index (χ2n) is 8.72. The smallest absolute Gasteiger partial charge is 0.0544 e. The average Bonchev–Trinajstić information content (AvgIpc) is 3.27. The van der Waals surface area contributed by atoms with Gasteiger partial charge in [0.15, 0.2) is 0 Å². The Morgan fingerprint density at radius 3 is 1.97 bits per heavy atom. The Kier molecular flexibility index (Phi) is 3.58. The quantitative estimate of drug-likeness (QED) is 0.319. The highest BCUT2D eigenvalue weighted by molar-refractivity contribution is 6.06. The minimum Gasteiger partial charge on any atom is -0.354 e. The maximum atomic E-state index is 3.77. The molecule has 1 aliphatic rings. The molecule has 144 valence electrons. The van der Waals surface area contributed by atoms with Crippen molar-refractivity contribution in [2.45, 2.75) is 19.3 Å². The van der Waals surface area contributed by atoms with Gasteiger partial charge in [-0.15, -0.1) is 0 Å². The van der Waals surface area contributed by atoms with Gasteiger partial charge in [-0.25, -0.2) is 0 Å². The van der Waals surface area contributed by atoms with Gasteiger partial charge in [0.25, 0.3) is 0 Å². The molecule has 30 heavy (non-hydrogen) atoms. The molecule has 1 nitrogen and oxygen atoms in total. The molecule has 4 aromatic carbocycles. The van der Waals surface area contributed by atoms with Gasteiger partial charge in [0.1, 0.15) is 0 Å².